The van der Waals surface area contributed by atoms with Crippen molar-refractivity contribution in [1.29, 1.82) is 0 Å². The Kier molecular flexibility index (Phi) is 2.83. The first-order valence-electron chi connectivity index (χ1n) is 6.48. The molecule has 2 N–H and O–H groups in total. The van der Waals surface area contributed by atoms with Crippen LogP contribution in [-0.4, -0.2) is 12.6 Å². The number of rotatable bonds is 1. The van der Waals surface area contributed by atoms with Crippen LogP contribution in [0.25, 0.3) is 0 Å². The van der Waals surface area contributed by atoms with Gasteiger partial charge in [-0.25, -0.2) is 0 Å². The summed E-state index contributed by atoms with van der Waals surface area (Å²) in [4.78, 5) is 0. The second kappa shape index (κ2) is 4.46. The van der Waals surface area contributed by atoms with Crippen LogP contribution in [0.1, 0.15) is 31.2 Å². The molecule has 0 aromatic heterocycles. The van der Waals surface area contributed by atoms with Gasteiger partial charge in [0.15, 0.2) is 0 Å². The molecule has 0 radical (unpaired) electrons. The Hall–Kier alpha value is -1.02. The molecule has 2 aliphatic rings. The monoisotopic (exact) mass is 216 g/mol. The van der Waals surface area contributed by atoms with Crippen molar-refractivity contribution in [2.75, 3.05) is 11.9 Å². The molecule has 1 atom stereocenters. The molecule has 16 heavy (non-hydrogen) atoms. The minimum Gasteiger partial charge on any atom is -0.380 e. The highest BCUT2D eigenvalue weighted by atomic mass is 15.0. The maximum absolute atomic E-state index is 3.74. The van der Waals surface area contributed by atoms with Crippen LogP contribution in [0.2, 0.25) is 0 Å². The van der Waals surface area contributed by atoms with Crippen LogP contribution >= 0.6 is 0 Å². The van der Waals surface area contributed by atoms with E-state index in [9.17, 15) is 0 Å². The topological polar surface area (TPSA) is 24.1 Å². The molecule has 86 valence electrons. The first-order valence-corrected chi connectivity index (χ1v) is 6.48. The lowest BCUT2D eigenvalue weighted by molar-refractivity contribution is 0.438. The standard InChI is InChI=1S/C14H20N2/c1-2-6-11(5-1)14-10-15-9-12-7-3-4-8-13(12)16-14/h3-4,7-8,11,14-16H,1-2,5-6,9-10H2. The number of nitrogens with one attached hydrogen (secondary N) is 2. The normalized spacial score (nSPS) is 25.9. The molecule has 1 aromatic rings. The van der Waals surface area contributed by atoms with Crippen molar-refractivity contribution in [2.45, 2.75) is 38.3 Å². The van der Waals surface area contributed by atoms with E-state index in [0.29, 0.717) is 6.04 Å². The highest BCUT2D eigenvalue weighted by molar-refractivity contribution is 5.52. The summed E-state index contributed by atoms with van der Waals surface area (Å²) in [5.74, 6) is 0.874. The predicted octanol–water partition coefficient (Wildman–Crippen LogP) is 2.76. The van der Waals surface area contributed by atoms with Crippen molar-refractivity contribution in [3.05, 3.63) is 29.8 Å². The molecule has 1 unspecified atom stereocenters. The fraction of sp³-hybridized carbons (Fsp3) is 0.571. The van der Waals surface area contributed by atoms with Gasteiger partial charge >= 0.3 is 0 Å². The summed E-state index contributed by atoms with van der Waals surface area (Å²) < 4.78 is 0. The summed E-state index contributed by atoms with van der Waals surface area (Å²) in [7, 11) is 0. The molecule has 2 nitrogen and oxygen atoms in total. The number of hydrogen-bond acceptors (Lipinski definition) is 2. The lowest BCUT2D eigenvalue weighted by Crippen LogP contribution is -2.35. The SMILES string of the molecule is c1ccc2c(c1)CNCC(C1CCCC1)N2. The van der Waals surface area contributed by atoms with Crippen molar-refractivity contribution in [3.63, 3.8) is 0 Å². The van der Waals surface area contributed by atoms with E-state index >= 15 is 0 Å². The maximum atomic E-state index is 3.74. The van der Waals surface area contributed by atoms with Gasteiger partial charge in [-0.3, -0.25) is 0 Å². The van der Waals surface area contributed by atoms with Gasteiger partial charge in [-0.1, -0.05) is 31.0 Å². The van der Waals surface area contributed by atoms with Gasteiger partial charge in [0.1, 0.15) is 0 Å². The molecule has 1 aromatic carbocycles. The Morgan fingerprint density at radius 3 is 2.75 bits per heavy atom. The van der Waals surface area contributed by atoms with Crippen LogP contribution in [0, 0.1) is 5.92 Å². The van der Waals surface area contributed by atoms with Gasteiger partial charge in [0.2, 0.25) is 0 Å². The zero-order valence-electron chi connectivity index (χ0n) is 9.71. The largest absolute Gasteiger partial charge is 0.380 e. The zero-order chi connectivity index (χ0) is 10.8. The van der Waals surface area contributed by atoms with Crippen molar-refractivity contribution >= 4 is 5.69 Å². The molecule has 3 rings (SSSR count). The molecule has 0 spiro atoms. The minimum atomic E-state index is 0.631. The lowest BCUT2D eigenvalue weighted by Gasteiger charge is -2.24. The Morgan fingerprint density at radius 2 is 1.88 bits per heavy atom. The van der Waals surface area contributed by atoms with Gasteiger partial charge in [-0.15, -0.1) is 0 Å². The Bertz CT molecular complexity index is 356. The van der Waals surface area contributed by atoms with Crippen LogP contribution in [0.5, 0.6) is 0 Å². The average Bonchev–Trinajstić information content (AvgIpc) is 2.75. The predicted molar refractivity (Wildman–Crippen MR) is 67.5 cm³/mol. The van der Waals surface area contributed by atoms with Crippen LogP contribution in [0.3, 0.4) is 0 Å². The zero-order valence-corrected chi connectivity index (χ0v) is 9.71. The summed E-state index contributed by atoms with van der Waals surface area (Å²) in [6, 6.07) is 9.31. The van der Waals surface area contributed by atoms with E-state index in [4.69, 9.17) is 0 Å². The van der Waals surface area contributed by atoms with Gasteiger partial charge in [-0.05, 0) is 30.4 Å². The van der Waals surface area contributed by atoms with Crippen LogP contribution in [0.15, 0.2) is 24.3 Å². The van der Waals surface area contributed by atoms with E-state index in [1.54, 1.807) is 0 Å². The highest BCUT2D eigenvalue weighted by Gasteiger charge is 2.26. The summed E-state index contributed by atoms with van der Waals surface area (Å²) in [6.07, 6.45) is 5.65. The van der Waals surface area contributed by atoms with E-state index in [0.717, 1.165) is 19.0 Å². The van der Waals surface area contributed by atoms with Gasteiger partial charge < -0.3 is 10.6 Å². The smallest absolute Gasteiger partial charge is 0.0414 e. The van der Waals surface area contributed by atoms with E-state index in [1.807, 2.05) is 0 Å². The minimum absolute atomic E-state index is 0.631. The van der Waals surface area contributed by atoms with Crippen molar-refractivity contribution in [1.82, 2.24) is 5.32 Å². The molecular formula is C14H20N2. The lowest BCUT2D eigenvalue weighted by atomic mass is 9.98. The third-order valence-corrected chi connectivity index (χ3v) is 4.01. The number of para-hydroxylation sites is 1. The van der Waals surface area contributed by atoms with Crippen LogP contribution in [-0.2, 0) is 6.54 Å². The van der Waals surface area contributed by atoms with Crippen molar-refractivity contribution in [2.24, 2.45) is 5.92 Å². The number of hydrogen-bond donors (Lipinski definition) is 2. The summed E-state index contributed by atoms with van der Waals surface area (Å²) in [6.45, 7) is 2.12. The molecule has 0 amide bonds. The van der Waals surface area contributed by atoms with Gasteiger partial charge in [0.25, 0.3) is 0 Å². The fourth-order valence-corrected chi connectivity index (χ4v) is 3.07. The number of benzene rings is 1. The highest BCUT2D eigenvalue weighted by Crippen LogP contribution is 2.30. The van der Waals surface area contributed by atoms with E-state index in [-0.39, 0.29) is 0 Å². The molecule has 1 aliphatic carbocycles. The Labute approximate surface area is 97.4 Å². The third kappa shape index (κ3) is 1.94. The Morgan fingerprint density at radius 1 is 1.06 bits per heavy atom. The first kappa shape index (κ1) is 10.2. The van der Waals surface area contributed by atoms with Gasteiger partial charge in [0, 0.05) is 24.8 Å². The molecule has 1 fully saturated rings. The second-order valence-corrected chi connectivity index (χ2v) is 5.08. The molecule has 0 saturated heterocycles. The fourth-order valence-electron chi connectivity index (χ4n) is 3.07. The maximum Gasteiger partial charge on any atom is 0.0414 e. The van der Waals surface area contributed by atoms with Crippen molar-refractivity contribution in [3.8, 4) is 0 Å². The van der Waals surface area contributed by atoms with Crippen molar-refractivity contribution < 1.29 is 0 Å². The summed E-state index contributed by atoms with van der Waals surface area (Å²) in [5, 5.41) is 7.31. The number of anilines is 1. The first-order chi connectivity index (χ1) is 7.93. The molecule has 1 aliphatic heterocycles. The molecule has 0 bridgehead atoms. The second-order valence-electron chi connectivity index (χ2n) is 5.08. The van der Waals surface area contributed by atoms with Gasteiger partial charge in [0.05, 0.1) is 0 Å². The summed E-state index contributed by atoms with van der Waals surface area (Å²) >= 11 is 0. The third-order valence-electron chi connectivity index (χ3n) is 4.01. The molecule has 1 saturated carbocycles. The van der Waals surface area contributed by atoms with E-state index in [1.165, 1.54) is 36.9 Å². The molecule has 1 heterocycles. The van der Waals surface area contributed by atoms with E-state index < -0.39 is 0 Å². The Balaban J connectivity index is 1.79. The number of fused-ring (bicyclic) bond motifs is 1. The quantitative estimate of drug-likeness (QED) is 0.754. The van der Waals surface area contributed by atoms with Gasteiger partial charge in [-0.2, -0.15) is 0 Å². The molecule has 2 heteroatoms. The van der Waals surface area contributed by atoms with Crippen LogP contribution in [0.4, 0.5) is 5.69 Å². The summed E-state index contributed by atoms with van der Waals surface area (Å²) in [5.41, 5.74) is 2.74. The average molecular weight is 216 g/mol. The van der Waals surface area contributed by atoms with E-state index in [2.05, 4.69) is 34.9 Å². The molecular weight excluding hydrogens is 196 g/mol. The van der Waals surface area contributed by atoms with Crippen LogP contribution < -0.4 is 10.6 Å².